The van der Waals surface area contributed by atoms with Crippen molar-refractivity contribution in [1.82, 2.24) is 20.1 Å². The van der Waals surface area contributed by atoms with E-state index in [9.17, 15) is 4.79 Å². The predicted molar refractivity (Wildman–Crippen MR) is 86.0 cm³/mol. The number of pyridine rings is 1. The second kappa shape index (κ2) is 6.74. The highest BCUT2D eigenvalue weighted by molar-refractivity contribution is 5.91. The minimum Gasteiger partial charge on any atom is -0.465 e. The number of aryl methyl sites for hydroxylation is 1. The molecular formula is C17H16N4O2. The van der Waals surface area contributed by atoms with Crippen molar-refractivity contribution in [2.24, 2.45) is 7.05 Å². The summed E-state index contributed by atoms with van der Waals surface area (Å²) in [6.45, 7) is 0.428. The molecule has 1 N–H and O–H groups in total. The molecule has 0 atom stereocenters. The van der Waals surface area contributed by atoms with E-state index in [-0.39, 0.29) is 5.91 Å². The van der Waals surface area contributed by atoms with Crippen molar-refractivity contribution in [3.05, 3.63) is 66.5 Å². The second-order valence-corrected chi connectivity index (χ2v) is 5.02. The number of rotatable bonds is 5. The Morgan fingerprint density at radius 3 is 3.09 bits per heavy atom. The fraction of sp³-hybridized carbons (Fsp3) is 0.118. The van der Waals surface area contributed by atoms with Gasteiger partial charge in [0.05, 0.1) is 18.2 Å². The van der Waals surface area contributed by atoms with Gasteiger partial charge in [-0.3, -0.25) is 14.5 Å². The number of carbonyl (C=O) groups excluding carboxylic acids is 1. The Balaban J connectivity index is 1.61. The van der Waals surface area contributed by atoms with E-state index in [1.165, 1.54) is 6.08 Å². The van der Waals surface area contributed by atoms with Gasteiger partial charge in [0.15, 0.2) is 0 Å². The third-order valence-corrected chi connectivity index (χ3v) is 3.23. The Labute approximate surface area is 133 Å². The Morgan fingerprint density at radius 2 is 2.35 bits per heavy atom. The Kier molecular flexibility index (Phi) is 4.33. The summed E-state index contributed by atoms with van der Waals surface area (Å²) in [7, 11) is 1.86. The largest absolute Gasteiger partial charge is 0.465 e. The number of aromatic nitrogens is 3. The van der Waals surface area contributed by atoms with Gasteiger partial charge in [0.25, 0.3) is 0 Å². The van der Waals surface area contributed by atoms with Crippen LogP contribution in [0.1, 0.15) is 11.3 Å². The fourth-order valence-corrected chi connectivity index (χ4v) is 2.09. The van der Waals surface area contributed by atoms with Gasteiger partial charge in [-0.15, -0.1) is 0 Å². The average molecular weight is 308 g/mol. The molecule has 0 aliphatic carbocycles. The average Bonchev–Trinajstić information content (AvgIpc) is 3.23. The molecule has 23 heavy (non-hydrogen) atoms. The molecule has 6 heteroatoms. The molecule has 3 heterocycles. The van der Waals surface area contributed by atoms with Crippen molar-refractivity contribution < 1.29 is 9.21 Å². The number of hydrogen-bond donors (Lipinski definition) is 1. The molecule has 0 unspecified atom stereocenters. The molecule has 0 aliphatic rings. The van der Waals surface area contributed by atoms with E-state index in [4.69, 9.17) is 4.42 Å². The molecule has 0 saturated heterocycles. The second-order valence-electron chi connectivity index (χ2n) is 5.02. The van der Waals surface area contributed by atoms with Crippen LogP contribution in [0.2, 0.25) is 0 Å². The van der Waals surface area contributed by atoms with Crippen LogP contribution < -0.4 is 5.32 Å². The number of nitrogens with zero attached hydrogens (tertiary/aromatic N) is 3. The first-order valence-electron chi connectivity index (χ1n) is 7.14. The zero-order valence-corrected chi connectivity index (χ0v) is 12.6. The highest BCUT2D eigenvalue weighted by Crippen LogP contribution is 2.16. The van der Waals surface area contributed by atoms with Gasteiger partial charge in [-0.25, -0.2) is 0 Å². The zero-order chi connectivity index (χ0) is 16.1. The predicted octanol–water partition coefficient (Wildman–Crippen LogP) is 2.40. The Hall–Kier alpha value is -3.15. The molecular weight excluding hydrogens is 292 g/mol. The van der Waals surface area contributed by atoms with E-state index in [0.717, 1.165) is 16.8 Å². The molecule has 3 rings (SSSR count). The van der Waals surface area contributed by atoms with Gasteiger partial charge in [-0.05, 0) is 35.9 Å². The molecule has 0 fully saturated rings. The maximum atomic E-state index is 11.8. The van der Waals surface area contributed by atoms with E-state index in [0.29, 0.717) is 12.3 Å². The number of nitrogens with one attached hydrogen (secondary N) is 1. The molecule has 0 spiro atoms. The number of hydrogen-bond acceptors (Lipinski definition) is 4. The Bertz CT molecular complexity index is 819. The minimum absolute atomic E-state index is 0.179. The van der Waals surface area contributed by atoms with Crippen LogP contribution in [0.4, 0.5) is 0 Å². The van der Waals surface area contributed by atoms with Crippen LogP contribution in [0.3, 0.4) is 0 Å². The van der Waals surface area contributed by atoms with E-state index in [1.54, 1.807) is 41.5 Å². The first kappa shape index (κ1) is 14.8. The van der Waals surface area contributed by atoms with Gasteiger partial charge in [0.2, 0.25) is 5.91 Å². The monoisotopic (exact) mass is 308 g/mol. The van der Waals surface area contributed by atoms with Gasteiger partial charge >= 0.3 is 0 Å². The van der Waals surface area contributed by atoms with E-state index in [2.05, 4.69) is 15.4 Å². The van der Waals surface area contributed by atoms with Gasteiger partial charge in [-0.2, -0.15) is 5.10 Å². The minimum atomic E-state index is -0.179. The highest BCUT2D eigenvalue weighted by atomic mass is 16.3. The quantitative estimate of drug-likeness (QED) is 0.735. The SMILES string of the molecule is Cn1cc(-c2cc(CNC(=O)C=Cc3ccco3)ccn2)cn1. The van der Waals surface area contributed by atoms with Crippen LogP contribution in [-0.4, -0.2) is 20.7 Å². The maximum absolute atomic E-state index is 11.8. The van der Waals surface area contributed by atoms with E-state index >= 15 is 0 Å². The molecule has 116 valence electrons. The summed E-state index contributed by atoms with van der Waals surface area (Å²) in [5.74, 6) is 0.462. The maximum Gasteiger partial charge on any atom is 0.244 e. The van der Waals surface area contributed by atoms with E-state index < -0.39 is 0 Å². The van der Waals surface area contributed by atoms with Crippen LogP contribution in [0, 0.1) is 0 Å². The lowest BCUT2D eigenvalue weighted by Crippen LogP contribution is -2.20. The summed E-state index contributed by atoms with van der Waals surface area (Å²) in [5, 5.41) is 6.96. The van der Waals surface area contributed by atoms with Crippen LogP contribution in [0.5, 0.6) is 0 Å². The molecule has 1 amide bonds. The smallest absolute Gasteiger partial charge is 0.244 e. The van der Waals surface area contributed by atoms with E-state index in [1.807, 2.05) is 25.4 Å². The van der Waals surface area contributed by atoms with Crippen molar-refractivity contribution in [1.29, 1.82) is 0 Å². The summed E-state index contributed by atoms with van der Waals surface area (Å²) in [6.07, 6.45) is 10.0. The first-order valence-corrected chi connectivity index (χ1v) is 7.14. The van der Waals surface area contributed by atoms with Gasteiger partial charge < -0.3 is 9.73 Å². The van der Waals surface area contributed by atoms with Crippen molar-refractivity contribution in [3.8, 4) is 11.3 Å². The summed E-state index contributed by atoms with van der Waals surface area (Å²) < 4.78 is 6.86. The normalized spacial score (nSPS) is 11.0. The van der Waals surface area contributed by atoms with Crippen LogP contribution in [0.15, 0.2) is 59.6 Å². The highest BCUT2D eigenvalue weighted by Gasteiger charge is 2.04. The van der Waals surface area contributed by atoms with Crippen LogP contribution in [0.25, 0.3) is 17.3 Å². The lowest BCUT2D eigenvalue weighted by molar-refractivity contribution is -0.116. The van der Waals surface area contributed by atoms with Crippen molar-refractivity contribution in [2.45, 2.75) is 6.54 Å². The third-order valence-electron chi connectivity index (χ3n) is 3.23. The molecule has 0 aromatic carbocycles. The lowest BCUT2D eigenvalue weighted by atomic mass is 10.1. The summed E-state index contributed by atoms with van der Waals surface area (Å²) in [4.78, 5) is 16.1. The Morgan fingerprint density at radius 1 is 1.43 bits per heavy atom. The molecule has 3 aromatic rings. The van der Waals surface area contributed by atoms with Gasteiger partial charge in [0, 0.05) is 37.6 Å². The molecule has 0 radical (unpaired) electrons. The summed E-state index contributed by atoms with van der Waals surface area (Å²) >= 11 is 0. The fourth-order valence-electron chi connectivity index (χ4n) is 2.09. The summed E-state index contributed by atoms with van der Waals surface area (Å²) in [6, 6.07) is 7.37. The van der Waals surface area contributed by atoms with Crippen molar-refractivity contribution >= 4 is 12.0 Å². The van der Waals surface area contributed by atoms with Gasteiger partial charge in [-0.1, -0.05) is 0 Å². The zero-order valence-electron chi connectivity index (χ0n) is 12.6. The molecule has 0 bridgehead atoms. The molecule has 3 aromatic heterocycles. The first-order chi connectivity index (χ1) is 11.2. The number of carbonyl (C=O) groups is 1. The molecule has 0 aliphatic heterocycles. The summed E-state index contributed by atoms with van der Waals surface area (Å²) in [5.41, 5.74) is 2.74. The number of amides is 1. The molecule has 6 nitrogen and oxygen atoms in total. The van der Waals surface area contributed by atoms with Crippen LogP contribution >= 0.6 is 0 Å². The van der Waals surface area contributed by atoms with Gasteiger partial charge in [0.1, 0.15) is 5.76 Å². The third kappa shape index (κ3) is 3.94. The lowest BCUT2D eigenvalue weighted by Gasteiger charge is -2.04. The number of furan rings is 1. The van der Waals surface area contributed by atoms with Crippen molar-refractivity contribution in [2.75, 3.05) is 0 Å². The topological polar surface area (TPSA) is 73.0 Å². The molecule has 0 saturated carbocycles. The van der Waals surface area contributed by atoms with Crippen LogP contribution in [-0.2, 0) is 18.4 Å². The van der Waals surface area contributed by atoms with Crippen molar-refractivity contribution in [3.63, 3.8) is 0 Å². The standard InChI is InChI=1S/C17H16N4O2/c1-21-12-14(11-20-21)16-9-13(6-7-18-16)10-19-17(22)5-4-15-3-2-8-23-15/h2-9,11-12H,10H2,1H3,(H,19,22).